The lowest BCUT2D eigenvalue weighted by Crippen LogP contribution is -2.59. The third kappa shape index (κ3) is 3.62. The van der Waals surface area contributed by atoms with E-state index in [2.05, 4.69) is 27.7 Å². The predicted octanol–water partition coefficient (Wildman–Crippen LogP) is 4.50. The van der Waals surface area contributed by atoms with Crippen molar-refractivity contribution in [2.75, 3.05) is 6.61 Å². The maximum absolute atomic E-state index is 11.7. The quantitative estimate of drug-likeness (QED) is 0.708. The van der Waals surface area contributed by atoms with E-state index < -0.39 is 5.60 Å². The summed E-state index contributed by atoms with van der Waals surface area (Å²) in [6.07, 6.45) is 6.36. The third-order valence-electron chi connectivity index (χ3n) is 6.83. The van der Waals surface area contributed by atoms with Gasteiger partial charge in [-0.15, -0.1) is 0 Å². The summed E-state index contributed by atoms with van der Waals surface area (Å²) < 4.78 is 11.1. The van der Waals surface area contributed by atoms with Gasteiger partial charge in [0.25, 0.3) is 0 Å². The Morgan fingerprint density at radius 2 is 1.67 bits per heavy atom. The van der Waals surface area contributed by atoms with Crippen LogP contribution in [0.25, 0.3) is 0 Å². The molecule has 0 aromatic carbocycles. The van der Waals surface area contributed by atoms with Crippen LogP contribution >= 0.6 is 0 Å². The standard InChI is InChI=1S/C20H34O4/c1-14(21)23-13-9-17-19(5)11-7-10-18(3,4)16(19)8-12-20(17,6)24-15(2)22/h16-17H,7-13H2,1-6H3/t16?,17-,19+,20-/m1/s1. The number of rotatable bonds is 4. The smallest absolute Gasteiger partial charge is 0.303 e. The molecule has 2 rings (SSSR count). The van der Waals surface area contributed by atoms with E-state index in [1.807, 2.05) is 0 Å². The first-order chi connectivity index (χ1) is 11.0. The van der Waals surface area contributed by atoms with Gasteiger partial charge >= 0.3 is 11.9 Å². The highest BCUT2D eigenvalue weighted by atomic mass is 16.6. The van der Waals surface area contributed by atoms with E-state index in [0.717, 1.165) is 25.7 Å². The molecule has 1 unspecified atom stereocenters. The summed E-state index contributed by atoms with van der Waals surface area (Å²) in [7, 11) is 0. The van der Waals surface area contributed by atoms with Crippen LogP contribution in [-0.2, 0) is 19.1 Å². The van der Waals surface area contributed by atoms with Gasteiger partial charge in [-0.05, 0) is 55.8 Å². The zero-order valence-corrected chi connectivity index (χ0v) is 16.2. The van der Waals surface area contributed by atoms with E-state index >= 15 is 0 Å². The van der Waals surface area contributed by atoms with Crippen molar-refractivity contribution in [3.8, 4) is 0 Å². The number of ether oxygens (including phenoxy) is 2. The van der Waals surface area contributed by atoms with Crippen molar-refractivity contribution in [1.29, 1.82) is 0 Å². The molecule has 0 amide bonds. The molecule has 0 radical (unpaired) electrons. The SMILES string of the molecule is CC(=O)OCC[C@H]1[C@](C)(OC(C)=O)CCC2C(C)(C)CCC[C@@]21C. The Bertz CT molecular complexity index is 498. The average molecular weight is 338 g/mol. The number of hydrogen-bond donors (Lipinski definition) is 0. The molecule has 0 aromatic rings. The number of carbonyl (C=O) groups excluding carboxylic acids is 2. The first-order valence-electron chi connectivity index (χ1n) is 9.34. The van der Waals surface area contributed by atoms with Crippen LogP contribution in [0.3, 0.4) is 0 Å². The summed E-state index contributed by atoms with van der Waals surface area (Å²) in [4.78, 5) is 22.9. The summed E-state index contributed by atoms with van der Waals surface area (Å²) in [6, 6.07) is 0. The van der Waals surface area contributed by atoms with Crippen LogP contribution in [0.2, 0.25) is 0 Å². The molecule has 2 saturated carbocycles. The van der Waals surface area contributed by atoms with Crippen LogP contribution < -0.4 is 0 Å². The van der Waals surface area contributed by atoms with E-state index in [1.165, 1.54) is 26.7 Å². The third-order valence-corrected chi connectivity index (χ3v) is 6.83. The van der Waals surface area contributed by atoms with Crippen molar-refractivity contribution < 1.29 is 19.1 Å². The molecule has 4 nitrogen and oxygen atoms in total. The second kappa shape index (κ2) is 6.68. The average Bonchev–Trinajstić information content (AvgIpc) is 2.39. The Morgan fingerprint density at radius 3 is 2.25 bits per heavy atom. The van der Waals surface area contributed by atoms with Gasteiger partial charge < -0.3 is 9.47 Å². The van der Waals surface area contributed by atoms with Crippen molar-refractivity contribution in [3.05, 3.63) is 0 Å². The highest BCUT2D eigenvalue weighted by Crippen LogP contribution is 2.63. The first-order valence-corrected chi connectivity index (χ1v) is 9.34. The van der Waals surface area contributed by atoms with Gasteiger partial charge in [0.1, 0.15) is 5.60 Å². The molecule has 0 aliphatic heterocycles. The van der Waals surface area contributed by atoms with Crippen LogP contribution in [-0.4, -0.2) is 24.1 Å². The molecule has 0 aromatic heterocycles. The molecule has 4 heteroatoms. The Labute approximate surface area is 146 Å². The maximum atomic E-state index is 11.7. The van der Waals surface area contributed by atoms with Crippen LogP contribution in [0, 0.1) is 22.7 Å². The molecule has 0 heterocycles. The topological polar surface area (TPSA) is 52.6 Å². The van der Waals surface area contributed by atoms with Crippen molar-refractivity contribution in [1.82, 2.24) is 0 Å². The van der Waals surface area contributed by atoms with Crippen LogP contribution in [0.4, 0.5) is 0 Å². The lowest BCUT2D eigenvalue weighted by atomic mass is 9.45. The van der Waals surface area contributed by atoms with Crippen LogP contribution in [0.1, 0.15) is 80.1 Å². The molecule has 24 heavy (non-hydrogen) atoms. The summed E-state index contributed by atoms with van der Waals surface area (Å²) in [5.74, 6) is 0.370. The minimum Gasteiger partial charge on any atom is -0.466 e. The fraction of sp³-hybridized carbons (Fsp3) is 0.900. The molecule has 2 aliphatic rings. The molecule has 0 saturated heterocycles. The molecule has 0 N–H and O–H groups in total. The van der Waals surface area contributed by atoms with Crippen molar-refractivity contribution in [2.45, 2.75) is 85.7 Å². The Kier molecular flexibility index (Phi) is 5.37. The number of esters is 2. The molecule has 138 valence electrons. The molecule has 2 aliphatic carbocycles. The van der Waals surface area contributed by atoms with Gasteiger partial charge in [-0.3, -0.25) is 9.59 Å². The monoisotopic (exact) mass is 338 g/mol. The molecule has 4 atom stereocenters. The fourth-order valence-electron chi connectivity index (χ4n) is 6.01. The predicted molar refractivity (Wildman–Crippen MR) is 93.4 cm³/mol. The minimum absolute atomic E-state index is 0.115. The second-order valence-corrected chi connectivity index (χ2v) is 9.03. The van der Waals surface area contributed by atoms with Gasteiger partial charge in [-0.25, -0.2) is 0 Å². The molecule has 0 spiro atoms. The number of carbonyl (C=O) groups is 2. The minimum atomic E-state index is -0.468. The summed E-state index contributed by atoms with van der Waals surface area (Å²) in [5, 5.41) is 0. The number of fused-ring (bicyclic) bond motifs is 1. The molecule has 2 fully saturated rings. The van der Waals surface area contributed by atoms with Gasteiger partial charge in [0, 0.05) is 19.8 Å². The van der Waals surface area contributed by atoms with Crippen molar-refractivity contribution in [3.63, 3.8) is 0 Å². The zero-order chi connectivity index (χ0) is 18.2. The van der Waals surface area contributed by atoms with E-state index in [1.54, 1.807) is 0 Å². The zero-order valence-electron chi connectivity index (χ0n) is 16.2. The summed E-state index contributed by atoms with van der Waals surface area (Å²) in [5.41, 5.74) is -0.0424. The lowest BCUT2D eigenvalue weighted by Gasteiger charge is -2.61. The maximum Gasteiger partial charge on any atom is 0.303 e. The fourth-order valence-corrected chi connectivity index (χ4v) is 6.01. The largest absolute Gasteiger partial charge is 0.466 e. The summed E-state index contributed by atoms with van der Waals surface area (Å²) >= 11 is 0. The van der Waals surface area contributed by atoms with Crippen molar-refractivity contribution >= 4 is 11.9 Å². The normalized spacial score (nSPS) is 38.1. The highest BCUT2D eigenvalue weighted by molar-refractivity contribution is 5.66. The second-order valence-electron chi connectivity index (χ2n) is 9.03. The van der Waals surface area contributed by atoms with Gasteiger partial charge in [-0.1, -0.05) is 27.2 Å². The van der Waals surface area contributed by atoms with Gasteiger partial charge in [0.2, 0.25) is 0 Å². The van der Waals surface area contributed by atoms with Gasteiger partial charge in [0.05, 0.1) is 6.61 Å². The van der Waals surface area contributed by atoms with Crippen LogP contribution in [0.5, 0.6) is 0 Å². The Morgan fingerprint density at radius 1 is 1.00 bits per heavy atom. The van der Waals surface area contributed by atoms with E-state index in [4.69, 9.17) is 9.47 Å². The molecular formula is C20H34O4. The van der Waals surface area contributed by atoms with Crippen LogP contribution in [0.15, 0.2) is 0 Å². The summed E-state index contributed by atoms with van der Waals surface area (Å²) in [6.45, 7) is 12.6. The molecule has 0 bridgehead atoms. The van der Waals surface area contributed by atoms with Gasteiger partial charge in [-0.2, -0.15) is 0 Å². The Hall–Kier alpha value is -1.06. The first kappa shape index (κ1) is 19.3. The van der Waals surface area contributed by atoms with Crippen molar-refractivity contribution in [2.24, 2.45) is 22.7 Å². The van der Waals surface area contributed by atoms with E-state index in [0.29, 0.717) is 17.9 Å². The Balaban J connectivity index is 2.32. The molecular weight excluding hydrogens is 304 g/mol. The van der Waals surface area contributed by atoms with E-state index in [-0.39, 0.29) is 23.3 Å². The number of hydrogen-bond acceptors (Lipinski definition) is 4. The lowest BCUT2D eigenvalue weighted by molar-refractivity contribution is -0.201. The van der Waals surface area contributed by atoms with Gasteiger partial charge in [0.15, 0.2) is 0 Å². The highest BCUT2D eigenvalue weighted by Gasteiger charge is 2.59. The van der Waals surface area contributed by atoms with E-state index in [9.17, 15) is 9.59 Å².